The summed E-state index contributed by atoms with van der Waals surface area (Å²) < 4.78 is 0. The lowest BCUT2D eigenvalue weighted by molar-refractivity contribution is -0.121. The molecule has 1 saturated heterocycles. The molecule has 24 heavy (non-hydrogen) atoms. The number of nitrogens with two attached hydrogens (primary N) is 1. The molecule has 2 aliphatic heterocycles. The fourth-order valence-electron chi connectivity index (χ4n) is 2.93. The van der Waals surface area contributed by atoms with Crippen molar-refractivity contribution in [1.29, 1.82) is 0 Å². The number of aromatic nitrogens is 1. The van der Waals surface area contributed by atoms with Crippen LogP contribution in [0.3, 0.4) is 0 Å². The SMILES string of the molecule is C=CC(=O)NN1CCCC(c2ncc(C(N)=O)c3c2=NC(=O)N=3)C1. The van der Waals surface area contributed by atoms with E-state index in [2.05, 4.69) is 27.0 Å². The molecule has 0 aliphatic carbocycles. The molecule has 9 nitrogen and oxygen atoms in total. The number of pyridine rings is 1. The summed E-state index contributed by atoms with van der Waals surface area (Å²) >= 11 is 0. The Morgan fingerprint density at radius 1 is 1.38 bits per heavy atom. The third-order valence-electron chi connectivity index (χ3n) is 4.00. The second-order valence-electron chi connectivity index (χ2n) is 5.59. The largest absolute Gasteiger partial charge is 0.368 e. The zero-order valence-corrected chi connectivity index (χ0v) is 12.9. The molecular formula is C15H16N6O3. The Kier molecular flexibility index (Phi) is 4.17. The molecule has 0 saturated carbocycles. The van der Waals surface area contributed by atoms with Gasteiger partial charge in [-0.25, -0.2) is 9.80 Å². The Bertz CT molecular complexity index is 863. The van der Waals surface area contributed by atoms with Gasteiger partial charge in [0.1, 0.15) is 10.7 Å². The number of primary amides is 1. The molecule has 9 heteroatoms. The number of nitrogens with one attached hydrogen (secondary N) is 1. The molecule has 1 fully saturated rings. The van der Waals surface area contributed by atoms with Crippen molar-refractivity contribution >= 4 is 17.8 Å². The Labute approximate surface area is 136 Å². The van der Waals surface area contributed by atoms with Gasteiger partial charge >= 0.3 is 6.03 Å². The summed E-state index contributed by atoms with van der Waals surface area (Å²) in [5.41, 5.74) is 8.69. The number of hydrazine groups is 1. The van der Waals surface area contributed by atoms with Crippen LogP contribution in [0, 0.1) is 0 Å². The van der Waals surface area contributed by atoms with Gasteiger partial charge in [-0.15, -0.1) is 0 Å². The van der Waals surface area contributed by atoms with E-state index in [0.29, 0.717) is 24.1 Å². The summed E-state index contributed by atoms with van der Waals surface area (Å²) in [4.78, 5) is 46.4. The molecule has 0 bridgehead atoms. The summed E-state index contributed by atoms with van der Waals surface area (Å²) in [6.07, 6.45) is 4.18. The highest BCUT2D eigenvalue weighted by molar-refractivity contribution is 5.93. The number of carbonyl (C=O) groups excluding carboxylic acids is 3. The van der Waals surface area contributed by atoms with Crippen LogP contribution in [-0.2, 0) is 4.79 Å². The molecule has 3 N–H and O–H groups in total. The van der Waals surface area contributed by atoms with E-state index in [1.54, 1.807) is 5.01 Å². The number of hydrogen-bond acceptors (Lipinski definition) is 5. The first-order valence-electron chi connectivity index (χ1n) is 7.47. The predicted molar refractivity (Wildman–Crippen MR) is 82.4 cm³/mol. The third kappa shape index (κ3) is 2.93. The van der Waals surface area contributed by atoms with E-state index in [0.717, 1.165) is 12.8 Å². The second kappa shape index (κ2) is 6.28. The van der Waals surface area contributed by atoms with Crippen molar-refractivity contribution in [3.63, 3.8) is 0 Å². The number of hydrogen-bond donors (Lipinski definition) is 2. The van der Waals surface area contributed by atoms with Gasteiger partial charge in [0.2, 0.25) is 0 Å². The maximum atomic E-state index is 11.6. The third-order valence-corrected chi connectivity index (χ3v) is 4.00. The maximum Gasteiger partial charge on any atom is 0.368 e. The zero-order chi connectivity index (χ0) is 17.3. The zero-order valence-electron chi connectivity index (χ0n) is 12.9. The van der Waals surface area contributed by atoms with Crippen molar-refractivity contribution in [2.45, 2.75) is 18.8 Å². The van der Waals surface area contributed by atoms with E-state index in [-0.39, 0.29) is 22.7 Å². The van der Waals surface area contributed by atoms with Crippen molar-refractivity contribution in [3.05, 3.63) is 40.8 Å². The Morgan fingerprint density at radius 3 is 2.83 bits per heavy atom. The standard InChI is InChI=1S/C15H16N6O3/c1-2-10(22)20-21-5-3-4-8(7-21)11-13-12(18-15(24)19-13)9(6-17-11)14(16)23/h2,6,8H,1,3-5,7H2,(H2,16,23)(H,20,22). The summed E-state index contributed by atoms with van der Waals surface area (Å²) in [7, 11) is 0. The molecule has 1 atom stereocenters. The van der Waals surface area contributed by atoms with Gasteiger partial charge in [0.15, 0.2) is 0 Å². The normalized spacial score (nSPS) is 19.8. The smallest absolute Gasteiger partial charge is 0.365 e. The first kappa shape index (κ1) is 15.9. The number of piperidine rings is 1. The highest BCUT2D eigenvalue weighted by Crippen LogP contribution is 2.22. The second-order valence-corrected chi connectivity index (χ2v) is 5.59. The topological polar surface area (TPSA) is 130 Å². The maximum absolute atomic E-state index is 11.6. The van der Waals surface area contributed by atoms with Crippen LogP contribution in [0.2, 0.25) is 0 Å². The van der Waals surface area contributed by atoms with E-state index in [9.17, 15) is 14.4 Å². The van der Waals surface area contributed by atoms with E-state index >= 15 is 0 Å². The average molecular weight is 328 g/mol. The molecule has 3 rings (SSSR count). The van der Waals surface area contributed by atoms with Crippen molar-refractivity contribution in [2.75, 3.05) is 13.1 Å². The van der Waals surface area contributed by atoms with Crippen molar-refractivity contribution in [3.8, 4) is 0 Å². The first-order valence-corrected chi connectivity index (χ1v) is 7.47. The number of urea groups is 1. The summed E-state index contributed by atoms with van der Waals surface area (Å²) in [6, 6.07) is -0.672. The molecule has 0 radical (unpaired) electrons. The van der Waals surface area contributed by atoms with Crippen molar-refractivity contribution in [1.82, 2.24) is 15.4 Å². The molecule has 0 aromatic carbocycles. The number of fused-ring (bicyclic) bond motifs is 1. The van der Waals surface area contributed by atoms with Gasteiger partial charge in [0.25, 0.3) is 11.8 Å². The molecule has 124 valence electrons. The highest BCUT2D eigenvalue weighted by Gasteiger charge is 2.27. The number of carbonyl (C=O) groups is 3. The van der Waals surface area contributed by atoms with Gasteiger partial charge in [-0.05, 0) is 18.9 Å². The predicted octanol–water partition coefficient (Wildman–Crippen LogP) is -1.05. The Morgan fingerprint density at radius 2 is 2.12 bits per heavy atom. The summed E-state index contributed by atoms with van der Waals surface area (Å²) in [5, 5.41) is 2.27. The van der Waals surface area contributed by atoms with Gasteiger partial charge in [-0.1, -0.05) is 6.58 Å². The number of nitrogens with zero attached hydrogens (tertiary/aromatic N) is 4. The van der Waals surface area contributed by atoms with Gasteiger partial charge in [-0.2, -0.15) is 9.98 Å². The van der Waals surface area contributed by atoms with E-state index < -0.39 is 11.9 Å². The average Bonchev–Trinajstić information content (AvgIpc) is 2.94. The van der Waals surface area contributed by atoms with Crippen LogP contribution >= 0.6 is 0 Å². The summed E-state index contributed by atoms with van der Waals surface area (Å²) in [5.74, 6) is -1.04. The first-order chi connectivity index (χ1) is 11.5. The van der Waals surface area contributed by atoms with Gasteiger partial charge in [-0.3, -0.25) is 20.0 Å². The molecule has 4 amide bonds. The molecular weight excluding hydrogens is 312 g/mol. The lowest BCUT2D eigenvalue weighted by Gasteiger charge is -2.32. The molecule has 2 aliphatic rings. The van der Waals surface area contributed by atoms with E-state index in [1.165, 1.54) is 12.3 Å². The minimum Gasteiger partial charge on any atom is -0.365 e. The van der Waals surface area contributed by atoms with Crippen molar-refractivity contribution in [2.24, 2.45) is 15.7 Å². The Balaban J connectivity index is 1.95. The quantitative estimate of drug-likeness (QED) is 0.681. The fraction of sp³-hybridized carbons (Fsp3) is 0.333. The van der Waals surface area contributed by atoms with Crippen LogP contribution in [0.4, 0.5) is 4.79 Å². The molecule has 1 unspecified atom stereocenters. The van der Waals surface area contributed by atoms with Crippen LogP contribution in [0.25, 0.3) is 0 Å². The lowest BCUT2D eigenvalue weighted by Crippen LogP contribution is -2.48. The summed E-state index contributed by atoms with van der Waals surface area (Å²) in [6.45, 7) is 4.64. The van der Waals surface area contributed by atoms with Crippen LogP contribution in [0.1, 0.15) is 34.8 Å². The van der Waals surface area contributed by atoms with Crippen LogP contribution in [0.5, 0.6) is 0 Å². The molecule has 1 aromatic rings. The van der Waals surface area contributed by atoms with E-state index in [4.69, 9.17) is 5.73 Å². The monoisotopic (exact) mass is 328 g/mol. The highest BCUT2D eigenvalue weighted by atomic mass is 16.2. The molecule has 3 heterocycles. The van der Waals surface area contributed by atoms with Gasteiger partial charge in [0.05, 0.1) is 11.3 Å². The minimum absolute atomic E-state index is 0.0515. The van der Waals surface area contributed by atoms with Crippen molar-refractivity contribution < 1.29 is 14.4 Å². The lowest BCUT2D eigenvalue weighted by atomic mass is 9.94. The van der Waals surface area contributed by atoms with E-state index in [1.807, 2.05) is 0 Å². The van der Waals surface area contributed by atoms with Gasteiger partial charge < -0.3 is 5.73 Å². The molecule has 1 aromatic heterocycles. The number of rotatable bonds is 4. The Hall–Kier alpha value is -2.94. The molecule has 0 spiro atoms. The van der Waals surface area contributed by atoms with Crippen LogP contribution in [-0.4, -0.2) is 40.9 Å². The minimum atomic E-state index is -0.706. The number of amides is 4. The van der Waals surface area contributed by atoms with Crippen LogP contribution in [0.15, 0.2) is 28.8 Å². The fourth-order valence-corrected chi connectivity index (χ4v) is 2.93. The van der Waals surface area contributed by atoms with Crippen LogP contribution < -0.4 is 21.9 Å². The van der Waals surface area contributed by atoms with Gasteiger partial charge in [0, 0.05) is 25.2 Å².